The zero-order valence-corrected chi connectivity index (χ0v) is 24.1. The predicted molar refractivity (Wildman–Crippen MR) is 147 cm³/mol. The van der Waals surface area contributed by atoms with Crippen LogP contribution < -0.4 is 9.62 Å². The van der Waals surface area contributed by atoms with Crippen LogP contribution in [0.5, 0.6) is 0 Å². The molecule has 0 aliphatic heterocycles. The second-order valence-corrected chi connectivity index (χ2v) is 11.8. The maximum Gasteiger partial charge on any atom is 0.244 e. The molecule has 0 unspecified atom stereocenters. The summed E-state index contributed by atoms with van der Waals surface area (Å²) < 4.78 is 26.4. The molecule has 2 rings (SSSR count). The fraction of sp³-hybridized carbons (Fsp3) is 0.440. The number of hydrogen-bond donors (Lipinski definition) is 1. The summed E-state index contributed by atoms with van der Waals surface area (Å²) in [6, 6.07) is 8.80. The van der Waals surface area contributed by atoms with Crippen molar-refractivity contribution in [1.29, 1.82) is 0 Å². The van der Waals surface area contributed by atoms with E-state index in [2.05, 4.69) is 5.32 Å². The van der Waals surface area contributed by atoms with E-state index in [1.165, 1.54) is 11.0 Å². The first-order valence-electron chi connectivity index (χ1n) is 11.6. The first-order valence-corrected chi connectivity index (χ1v) is 14.5. The molecule has 0 saturated heterocycles. The zero-order valence-electron chi connectivity index (χ0n) is 21.0. The molecule has 0 fully saturated rings. The standard InChI is InChI=1S/C25H32Cl3N3O4S/c1-6-17(4)29-25(33)23(7-2)30(14-18-9-11-20(26)22(28)12-18)24(32)15-31(36(5,34)35)19-10-8-16(3)21(27)13-19/h8-13,17,23H,6-7,14-15H2,1-5H3,(H,29,33)/t17-,23-/m0/s1. The molecule has 198 valence electrons. The number of amides is 2. The Balaban J connectivity index is 2.48. The van der Waals surface area contributed by atoms with E-state index in [0.717, 1.165) is 22.5 Å². The molecular weight excluding hydrogens is 545 g/mol. The highest BCUT2D eigenvalue weighted by molar-refractivity contribution is 7.92. The third kappa shape index (κ3) is 8.00. The molecule has 11 heteroatoms. The summed E-state index contributed by atoms with van der Waals surface area (Å²) in [7, 11) is -3.85. The summed E-state index contributed by atoms with van der Waals surface area (Å²) in [5, 5.41) is 3.97. The number of anilines is 1. The fourth-order valence-corrected chi connectivity index (χ4v) is 4.88. The van der Waals surface area contributed by atoms with Crippen LogP contribution in [0.15, 0.2) is 36.4 Å². The molecule has 0 aromatic heterocycles. The van der Waals surface area contributed by atoms with Crippen molar-refractivity contribution in [2.75, 3.05) is 17.1 Å². The van der Waals surface area contributed by atoms with Gasteiger partial charge in [0, 0.05) is 17.6 Å². The molecule has 0 aliphatic rings. The highest BCUT2D eigenvalue weighted by Crippen LogP contribution is 2.27. The van der Waals surface area contributed by atoms with Crippen molar-refractivity contribution < 1.29 is 18.0 Å². The summed E-state index contributed by atoms with van der Waals surface area (Å²) in [6.45, 7) is 6.94. The zero-order chi connectivity index (χ0) is 27.2. The van der Waals surface area contributed by atoms with Gasteiger partial charge in [-0.1, -0.05) is 60.8 Å². The van der Waals surface area contributed by atoms with Crippen LogP contribution in [-0.4, -0.2) is 50.0 Å². The van der Waals surface area contributed by atoms with Crippen LogP contribution in [0.2, 0.25) is 15.1 Å². The number of nitrogens with zero attached hydrogens (tertiary/aromatic N) is 2. The normalized spacial score (nSPS) is 13.1. The van der Waals surface area contributed by atoms with Gasteiger partial charge in [0.05, 0.1) is 22.0 Å². The Morgan fingerprint density at radius 2 is 1.64 bits per heavy atom. The van der Waals surface area contributed by atoms with Gasteiger partial charge in [0.15, 0.2) is 0 Å². The van der Waals surface area contributed by atoms with E-state index >= 15 is 0 Å². The Kier molecular flexibility index (Phi) is 10.9. The number of hydrogen-bond acceptors (Lipinski definition) is 4. The average Bonchev–Trinajstić information content (AvgIpc) is 2.80. The molecule has 0 saturated carbocycles. The Labute approximate surface area is 228 Å². The fourth-order valence-electron chi connectivity index (χ4n) is 3.55. The van der Waals surface area contributed by atoms with Gasteiger partial charge in [-0.3, -0.25) is 13.9 Å². The lowest BCUT2D eigenvalue weighted by molar-refractivity contribution is -0.140. The van der Waals surface area contributed by atoms with Gasteiger partial charge >= 0.3 is 0 Å². The number of nitrogens with one attached hydrogen (secondary N) is 1. The van der Waals surface area contributed by atoms with Crippen LogP contribution in [0.3, 0.4) is 0 Å². The van der Waals surface area contributed by atoms with Crippen LogP contribution >= 0.6 is 34.8 Å². The average molecular weight is 577 g/mol. The van der Waals surface area contributed by atoms with Crippen molar-refractivity contribution in [1.82, 2.24) is 10.2 Å². The van der Waals surface area contributed by atoms with Gasteiger partial charge in [-0.2, -0.15) is 0 Å². The van der Waals surface area contributed by atoms with Gasteiger partial charge < -0.3 is 10.2 Å². The highest BCUT2D eigenvalue weighted by Gasteiger charge is 2.32. The molecule has 2 aromatic rings. The van der Waals surface area contributed by atoms with E-state index in [1.54, 1.807) is 44.2 Å². The van der Waals surface area contributed by atoms with Gasteiger partial charge in [-0.25, -0.2) is 8.42 Å². The Morgan fingerprint density at radius 1 is 0.972 bits per heavy atom. The van der Waals surface area contributed by atoms with E-state index in [1.807, 2.05) is 13.8 Å². The molecule has 0 heterocycles. The lowest BCUT2D eigenvalue weighted by atomic mass is 10.1. The number of sulfonamides is 1. The predicted octanol–water partition coefficient (Wildman–Crippen LogP) is 5.44. The number of halogens is 3. The lowest BCUT2D eigenvalue weighted by Crippen LogP contribution is -2.53. The molecule has 1 N–H and O–H groups in total. The minimum absolute atomic E-state index is 0.0361. The molecule has 7 nitrogen and oxygen atoms in total. The summed E-state index contributed by atoms with van der Waals surface area (Å²) in [4.78, 5) is 28.2. The van der Waals surface area contributed by atoms with Gasteiger partial charge in [0.1, 0.15) is 12.6 Å². The number of benzene rings is 2. The number of carbonyl (C=O) groups is 2. The molecule has 0 bridgehead atoms. The van der Waals surface area contributed by atoms with Crippen molar-refractivity contribution in [3.63, 3.8) is 0 Å². The Morgan fingerprint density at radius 3 is 2.17 bits per heavy atom. The van der Waals surface area contributed by atoms with Crippen molar-refractivity contribution in [3.05, 3.63) is 62.6 Å². The smallest absolute Gasteiger partial charge is 0.244 e. The second kappa shape index (κ2) is 13.0. The third-order valence-electron chi connectivity index (χ3n) is 5.85. The van der Waals surface area contributed by atoms with Crippen LogP contribution in [0.4, 0.5) is 5.69 Å². The monoisotopic (exact) mass is 575 g/mol. The van der Waals surface area contributed by atoms with Gasteiger partial charge in [0.25, 0.3) is 0 Å². The third-order valence-corrected chi connectivity index (χ3v) is 8.13. The number of aryl methyl sites for hydroxylation is 1. The summed E-state index contributed by atoms with van der Waals surface area (Å²) in [5.74, 6) is -0.862. The van der Waals surface area contributed by atoms with Crippen LogP contribution in [0.25, 0.3) is 0 Å². The molecule has 2 atom stereocenters. The first kappa shape index (κ1) is 30.2. The maximum atomic E-state index is 13.7. The second-order valence-electron chi connectivity index (χ2n) is 8.72. The number of rotatable bonds is 11. The maximum absolute atomic E-state index is 13.7. The van der Waals surface area contributed by atoms with Crippen LogP contribution in [0.1, 0.15) is 44.7 Å². The summed E-state index contributed by atoms with van der Waals surface area (Å²) in [5.41, 5.74) is 1.68. The molecule has 2 amide bonds. The van der Waals surface area contributed by atoms with Crippen molar-refractivity contribution in [2.24, 2.45) is 0 Å². The summed E-state index contributed by atoms with van der Waals surface area (Å²) in [6.07, 6.45) is 2.06. The SMILES string of the molecule is CC[C@H](C)NC(=O)[C@H](CC)N(Cc1ccc(Cl)c(Cl)c1)C(=O)CN(c1ccc(C)c(Cl)c1)S(C)(=O)=O. The molecule has 0 aliphatic carbocycles. The quantitative estimate of drug-likeness (QED) is 0.386. The van der Waals surface area contributed by atoms with Gasteiger partial charge in [-0.05, 0) is 62.1 Å². The topological polar surface area (TPSA) is 86.8 Å². The molecule has 0 spiro atoms. The Hall–Kier alpha value is -2.00. The molecule has 36 heavy (non-hydrogen) atoms. The highest BCUT2D eigenvalue weighted by atomic mass is 35.5. The van der Waals surface area contributed by atoms with E-state index in [9.17, 15) is 18.0 Å². The van der Waals surface area contributed by atoms with Crippen LogP contribution in [-0.2, 0) is 26.2 Å². The van der Waals surface area contributed by atoms with E-state index in [-0.39, 0.29) is 24.2 Å². The van der Waals surface area contributed by atoms with E-state index < -0.39 is 28.5 Å². The number of carbonyl (C=O) groups excluding carboxylic acids is 2. The van der Waals surface area contributed by atoms with Crippen molar-refractivity contribution in [2.45, 2.75) is 59.2 Å². The summed E-state index contributed by atoms with van der Waals surface area (Å²) >= 11 is 18.4. The van der Waals surface area contributed by atoms with E-state index in [4.69, 9.17) is 34.8 Å². The first-order chi connectivity index (χ1) is 16.8. The minimum atomic E-state index is -3.85. The molecule has 0 radical (unpaired) electrons. The lowest BCUT2D eigenvalue weighted by Gasteiger charge is -2.33. The largest absolute Gasteiger partial charge is 0.352 e. The van der Waals surface area contributed by atoms with Crippen molar-refractivity contribution in [3.8, 4) is 0 Å². The Bertz CT molecular complexity index is 1210. The minimum Gasteiger partial charge on any atom is -0.352 e. The van der Waals surface area contributed by atoms with E-state index in [0.29, 0.717) is 27.1 Å². The molecule has 2 aromatic carbocycles. The van der Waals surface area contributed by atoms with Gasteiger partial charge in [-0.15, -0.1) is 0 Å². The van der Waals surface area contributed by atoms with Gasteiger partial charge in [0.2, 0.25) is 21.8 Å². The van der Waals surface area contributed by atoms with Crippen LogP contribution in [0, 0.1) is 6.92 Å². The molecular formula is C25H32Cl3N3O4S. The van der Waals surface area contributed by atoms with Crippen molar-refractivity contribution >= 4 is 62.3 Å².